The van der Waals surface area contributed by atoms with E-state index in [1.807, 2.05) is 13.1 Å². The lowest BCUT2D eigenvalue weighted by atomic mass is 10.1. The van der Waals surface area contributed by atoms with Gasteiger partial charge in [0.2, 0.25) is 0 Å². The second kappa shape index (κ2) is 5.90. The summed E-state index contributed by atoms with van der Waals surface area (Å²) in [5, 5.41) is 0. The molecule has 1 nitrogen and oxygen atoms in total. The van der Waals surface area contributed by atoms with Crippen molar-refractivity contribution in [3.8, 4) is 0 Å². The van der Waals surface area contributed by atoms with Crippen LogP contribution >= 0.6 is 0 Å². The number of allylic oxidation sites excluding steroid dienone is 3. The van der Waals surface area contributed by atoms with Gasteiger partial charge in [0.15, 0.2) is 0 Å². The van der Waals surface area contributed by atoms with Crippen LogP contribution in [0.5, 0.6) is 0 Å². The zero-order valence-corrected chi connectivity index (χ0v) is 7.89. The van der Waals surface area contributed by atoms with E-state index in [9.17, 15) is 0 Å². The highest BCUT2D eigenvalue weighted by Gasteiger charge is 1.93. The highest BCUT2D eigenvalue weighted by atomic mass is 14.7. The SMILES string of the molecule is CC=N/C=C(CC)/C(C)=C/C. The Morgan fingerprint density at radius 2 is 2.00 bits per heavy atom. The maximum Gasteiger partial charge on any atom is 0.0298 e. The second-order valence-corrected chi connectivity index (χ2v) is 2.39. The third-order valence-corrected chi connectivity index (χ3v) is 1.70. The van der Waals surface area contributed by atoms with Gasteiger partial charge in [-0.3, -0.25) is 4.99 Å². The van der Waals surface area contributed by atoms with E-state index in [0.717, 1.165) is 6.42 Å². The Morgan fingerprint density at radius 3 is 2.36 bits per heavy atom. The van der Waals surface area contributed by atoms with Crippen molar-refractivity contribution < 1.29 is 0 Å². The lowest BCUT2D eigenvalue weighted by Gasteiger charge is -2.00. The molecule has 0 aliphatic heterocycles. The summed E-state index contributed by atoms with van der Waals surface area (Å²) in [6.07, 6.45) is 6.89. The van der Waals surface area contributed by atoms with Crippen LogP contribution in [0, 0.1) is 0 Å². The zero-order valence-electron chi connectivity index (χ0n) is 7.89. The minimum atomic E-state index is 1.05. The number of hydrogen-bond acceptors (Lipinski definition) is 1. The monoisotopic (exact) mass is 151 g/mol. The van der Waals surface area contributed by atoms with E-state index in [1.54, 1.807) is 6.21 Å². The van der Waals surface area contributed by atoms with Gasteiger partial charge in [0, 0.05) is 12.4 Å². The Kier molecular flexibility index (Phi) is 5.44. The molecule has 0 saturated heterocycles. The number of nitrogens with zero attached hydrogens (tertiary/aromatic N) is 1. The first kappa shape index (κ1) is 10.2. The zero-order chi connectivity index (χ0) is 8.69. The van der Waals surface area contributed by atoms with Gasteiger partial charge in [-0.2, -0.15) is 0 Å². The molecule has 62 valence electrons. The van der Waals surface area contributed by atoms with Crippen molar-refractivity contribution in [2.24, 2.45) is 4.99 Å². The highest BCUT2D eigenvalue weighted by molar-refractivity contribution is 5.54. The van der Waals surface area contributed by atoms with Crippen LogP contribution in [0.3, 0.4) is 0 Å². The van der Waals surface area contributed by atoms with Crippen LogP contribution in [-0.2, 0) is 0 Å². The molecule has 11 heavy (non-hydrogen) atoms. The Bertz CT molecular complexity index is 185. The van der Waals surface area contributed by atoms with E-state index in [2.05, 4.69) is 31.8 Å². The molecule has 0 aromatic carbocycles. The van der Waals surface area contributed by atoms with Crippen LogP contribution in [-0.4, -0.2) is 6.21 Å². The van der Waals surface area contributed by atoms with Gasteiger partial charge in [0.25, 0.3) is 0 Å². The topological polar surface area (TPSA) is 12.4 Å². The van der Waals surface area contributed by atoms with E-state index in [-0.39, 0.29) is 0 Å². The lowest BCUT2D eigenvalue weighted by molar-refractivity contribution is 1.09. The van der Waals surface area contributed by atoms with Crippen LogP contribution in [0.2, 0.25) is 0 Å². The fourth-order valence-electron chi connectivity index (χ4n) is 0.822. The summed E-state index contributed by atoms with van der Waals surface area (Å²) in [6, 6.07) is 0. The van der Waals surface area contributed by atoms with E-state index in [0.29, 0.717) is 0 Å². The molecule has 0 aromatic rings. The van der Waals surface area contributed by atoms with Crippen LogP contribution in [0.25, 0.3) is 0 Å². The normalized spacial score (nSPS) is 14.5. The summed E-state index contributed by atoms with van der Waals surface area (Å²) < 4.78 is 0. The first-order valence-electron chi connectivity index (χ1n) is 4.06. The standard InChI is InChI=1S/C10H17N/c1-5-9(4)10(6-2)8-11-7-3/h5,7-8H,6H2,1-4H3/b9-5+,10-8+,11-7?. The number of aliphatic imine (C=N–C) groups is 1. The Hall–Kier alpha value is -0.850. The fraction of sp³-hybridized carbons (Fsp3) is 0.500. The molecule has 0 unspecified atom stereocenters. The number of hydrogen-bond donors (Lipinski definition) is 0. The maximum atomic E-state index is 4.08. The third-order valence-electron chi connectivity index (χ3n) is 1.70. The summed E-state index contributed by atoms with van der Waals surface area (Å²) in [5.41, 5.74) is 2.63. The average molecular weight is 151 g/mol. The molecule has 0 aromatic heterocycles. The molecule has 0 saturated carbocycles. The Morgan fingerprint density at radius 1 is 1.36 bits per heavy atom. The molecule has 0 radical (unpaired) electrons. The molecule has 0 atom stereocenters. The van der Waals surface area contributed by atoms with Crippen molar-refractivity contribution in [2.45, 2.75) is 34.1 Å². The highest BCUT2D eigenvalue weighted by Crippen LogP contribution is 2.12. The first-order chi connectivity index (χ1) is 5.26. The van der Waals surface area contributed by atoms with Gasteiger partial charge in [0.05, 0.1) is 0 Å². The van der Waals surface area contributed by atoms with Gasteiger partial charge in [-0.15, -0.1) is 0 Å². The largest absolute Gasteiger partial charge is 0.269 e. The van der Waals surface area contributed by atoms with Crippen molar-refractivity contribution >= 4 is 6.21 Å². The smallest absolute Gasteiger partial charge is 0.0298 e. The molecule has 0 aliphatic rings. The van der Waals surface area contributed by atoms with Gasteiger partial charge in [-0.25, -0.2) is 0 Å². The summed E-state index contributed by atoms with van der Waals surface area (Å²) in [7, 11) is 0. The molecular weight excluding hydrogens is 134 g/mol. The molecule has 0 amide bonds. The van der Waals surface area contributed by atoms with Crippen molar-refractivity contribution in [1.29, 1.82) is 0 Å². The number of rotatable bonds is 3. The van der Waals surface area contributed by atoms with E-state index < -0.39 is 0 Å². The third kappa shape index (κ3) is 3.76. The van der Waals surface area contributed by atoms with E-state index in [4.69, 9.17) is 0 Å². The van der Waals surface area contributed by atoms with Crippen LogP contribution in [0.15, 0.2) is 28.4 Å². The Balaban J connectivity index is 4.39. The summed E-state index contributed by atoms with van der Waals surface area (Å²) in [4.78, 5) is 4.08. The lowest BCUT2D eigenvalue weighted by Crippen LogP contribution is -1.81. The van der Waals surface area contributed by atoms with Crippen molar-refractivity contribution in [2.75, 3.05) is 0 Å². The molecule has 0 N–H and O–H groups in total. The van der Waals surface area contributed by atoms with Gasteiger partial charge in [-0.1, -0.05) is 18.6 Å². The van der Waals surface area contributed by atoms with Crippen LogP contribution in [0.1, 0.15) is 34.1 Å². The van der Waals surface area contributed by atoms with Gasteiger partial charge in [0.1, 0.15) is 0 Å². The molecule has 0 aliphatic carbocycles. The van der Waals surface area contributed by atoms with Crippen molar-refractivity contribution in [3.63, 3.8) is 0 Å². The molecule has 1 heteroatoms. The average Bonchev–Trinajstić information content (AvgIpc) is 2.05. The van der Waals surface area contributed by atoms with Gasteiger partial charge >= 0.3 is 0 Å². The van der Waals surface area contributed by atoms with Crippen LogP contribution < -0.4 is 0 Å². The molecule has 0 rings (SSSR count). The summed E-state index contributed by atoms with van der Waals surface area (Å²) >= 11 is 0. The van der Waals surface area contributed by atoms with Crippen LogP contribution in [0.4, 0.5) is 0 Å². The molecule has 0 spiro atoms. The molecular formula is C10H17N. The quantitative estimate of drug-likeness (QED) is 0.433. The maximum absolute atomic E-state index is 4.08. The van der Waals surface area contributed by atoms with Gasteiger partial charge < -0.3 is 0 Å². The fourth-order valence-corrected chi connectivity index (χ4v) is 0.822. The van der Waals surface area contributed by atoms with Gasteiger partial charge in [-0.05, 0) is 32.8 Å². The van der Waals surface area contributed by atoms with Crippen molar-refractivity contribution in [1.82, 2.24) is 0 Å². The predicted molar refractivity (Wildman–Crippen MR) is 52.0 cm³/mol. The summed E-state index contributed by atoms with van der Waals surface area (Å²) in [5.74, 6) is 0. The minimum absolute atomic E-state index is 1.05. The predicted octanol–water partition coefficient (Wildman–Crippen LogP) is 3.34. The first-order valence-corrected chi connectivity index (χ1v) is 4.06. The van der Waals surface area contributed by atoms with E-state index in [1.165, 1.54) is 11.1 Å². The van der Waals surface area contributed by atoms with Crippen molar-refractivity contribution in [3.05, 3.63) is 23.4 Å². The second-order valence-electron chi connectivity index (χ2n) is 2.39. The summed E-state index contributed by atoms with van der Waals surface area (Å²) in [6.45, 7) is 8.23. The van der Waals surface area contributed by atoms with E-state index >= 15 is 0 Å². The molecule has 0 heterocycles. The molecule has 0 bridgehead atoms. The Labute approximate surface area is 69.5 Å². The minimum Gasteiger partial charge on any atom is -0.269 e. The molecule has 0 fully saturated rings.